The predicted molar refractivity (Wildman–Crippen MR) is 74.3 cm³/mol. The fourth-order valence-electron chi connectivity index (χ4n) is 2.17. The van der Waals surface area contributed by atoms with Crippen molar-refractivity contribution in [3.05, 3.63) is 11.4 Å². The van der Waals surface area contributed by atoms with Crippen LogP contribution in [-0.4, -0.2) is 47.5 Å². The molecule has 1 unspecified atom stereocenters. The lowest BCUT2D eigenvalue weighted by Crippen LogP contribution is -2.44. The van der Waals surface area contributed by atoms with Gasteiger partial charge in [-0.05, 0) is 11.4 Å². The predicted octanol–water partition coefficient (Wildman–Crippen LogP) is 0.174. The molecule has 7 nitrogen and oxygen atoms in total. The summed E-state index contributed by atoms with van der Waals surface area (Å²) < 4.78 is 5.46. The van der Waals surface area contributed by atoms with Gasteiger partial charge in [-0.1, -0.05) is 0 Å². The number of aliphatic hydroxyl groups excluding tert-OH is 1. The van der Waals surface area contributed by atoms with Crippen LogP contribution < -0.4 is 16.2 Å². The second kappa shape index (κ2) is 5.25. The number of nitrogens with zero attached hydrogens (tertiary/aromatic N) is 3. The number of rotatable bonds is 3. The number of morpholine rings is 1. The van der Waals surface area contributed by atoms with Gasteiger partial charge >= 0.3 is 0 Å². The molecule has 0 aromatic carbocycles. The van der Waals surface area contributed by atoms with Gasteiger partial charge in [0.05, 0.1) is 24.7 Å². The average molecular weight is 281 g/mol. The molecule has 102 valence electrons. The number of nitrogen functional groups attached to an aromatic ring is 1. The van der Waals surface area contributed by atoms with Crippen LogP contribution >= 0.6 is 11.3 Å². The summed E-state index contributed by atoms with van der Waals surface area (Å²) in [6.45, 7) is 1.94. The van der Waals surface area contributed by atoms with Crippen LogP contribution in [0.25, 0.3) is 10.2 Å². The fraction of sp³-hybridized carbons (Fsp3) is 0.455. The van der Waals surface area contributed by atoms with Crippen molar-refractivity contribution in [3.63, 3.8) is 0 Å². The Morgan fingerprint density at radius 1 is 1.58 bits per heavy atom. The topological polar surface area (TPSA) is 96.5 Å². The number of anilines is 2. The maximum Gasteiger partial charge on any atom is 0.240 e. The molecule has 4 N–H and O–H groups in total. The molecular formula is C11H15N5O2S. The molecule has 0 aliphatic carbocycles. The summed E-state index contributed by atoms with van der Waals surface area (Å²) in [5.74, 6) is 6.64. The maximum absolute atomic E-state index is 9.22. The van der Waals surface area contributed by atoms with Gasteiger partial charge in [0.2, 0.25) is 5.95 Å². The van der Waals surface area contributed by atoms with Crippen molar-refractivity contribution in [3.8, 4) is 0 Å². The molecular weight excluding hydrogens is 266 g/mol. The van der Waals surface area contributed by atoms with Crippen molar-refractivity contribution in [1.82, 2.24) is 9.97 Å². The smallest absolute Gasteiger partial charge is 0.240 e. The van der Waals surface area contributed by atoms with Gasteiger partial charge in [-0.25, -0.2) is 10.8 Å². The molecule has 3 heterocycles. The zero-order valence-electron chi connectivity index (χ0n) is 10.2. The van der Waals surface area contributed by atoms with E-state index in [1.807, 2.05) is 11.4 Å². The van der Waals surface area contributed by atoms with E-state index in [0.29, 0.717) is 19.1 Å². The molecule has 8 heteroatoms. The highest BCUT2D eigenvalue weighted by molar-refractivity contribution is 7.16. The quantitative estimate of drug-likeness (QED) is 0.545. The summed E-state index contributed by atoms with van der Waals surface area (Å²) in [4.78, 5) is 11.7. The van der Waals surface area contributed by atoms with Gasteiger partial charge in [-0.15, -0.1) is 11.3 Å². The van der Waals surface area contributed by atoms with Crippen molar-refractivity contribution < 1.29 is 9.84 Å². The van der Waals surface area contributed by atoms with E-state index in [2.05, 4.69) is 20.3 Å². The van der Waals surface area contributed by atoms with Gasteiger partial charge in [-0.3, -0.25) is 5.43 Å². The van der Waals surface area contributed by atoms with E-state index < -0.39 is 0 Å². The van der Waals surface area contributed by atoms with Crippen LogP contribution in [0.3, 0.4) is 0 Å². The van der Waals surface area contributed by atoms with Crippen LogP contribution in [0.4, 0.5) is 11.8 Å². The minimum atomic E-state index is -0.174. The maximum atomic E-state index is 9.22. The third kappa shape index (κ3) is 2.35. The molecule has 0 bridgehead atoms. The third-order valence-electron chi connectivity index (χ3n) is 3.08. The summed E-state index contributed by atoms with van der Waals surface area (Å²) in [6.07, 6.45) is -0.174. The van der Waals surface area contributed by atoms with Gasteiger partial charge < -0.3 is 14.7 Å². The van der Waals surface area contributed by atoms with Crippen molar-refractivity contribution in [2.45, 2.75) is 6.10 Å². The monoisotopic (exact) mass is 281 g/mol. The molecule has 1 atom stereocenters. The fourth-order valence-corrected chi connectivity index (χ4v) is 2.93. The Labute approximate surface area is 114 Å². The number of hydrogen-bond acceptors (Lipinski definition) is 8. The van der Waals surface area contributed by atoms with E-state index in [4.69, 9.17) is 10.6 Å². The number of nitrogens with two attached hydrogens (primary N) is 1. The lowest BCUT2D eigenvalue weighted by atomic mass is 10.2. The molecule has 0 saturated carbocycles. The SMILES string of the molecule is NNc1nc(N2CCOC(CO)C2)c2ccsc2n1. The second-order valence-corrected chi connectivity index (χ2v) is 5.17. The number of thiophene rings is 1. The third-order valence-corrected chi connectivity index (χ3v) is 3.88. The Morgan fingerprint density at radius 2 is 2.47 bits per heavy atom. The Hall–Kier alpha value is -1.48. The largest absolute Gasteiger partial charge is 0.394 e. The number of hydrazine groups is 1. The van der Waals surface area contributed by atoms with E-state index in [1.165, 1.54) is 0 Å². The summed E-state index contributed by atoms with van der Waals surface area (Å²) in [5, 5.41) is 12.2. The summed E-state index contributed by atoms with van der Waals surface area (Å²) in [5.41, 5.74) is 2.49. The molecule has 0 amide bonds. The van der Waals surface area contributed by atoms with Crippen LogP contribution in [-0.2, 0) is 4.74 Å². The molecule has 1 fully saturated rings. The highest BCUT2D eigenvalue weighted by atomic mass is 32.1. The molecule has 1 saturated heterocycles. The number of nitrogens with one attached hydrogen (secondary N) is 1. The number of fused-ring (bicyclic) bond motifs is 1. The standard InChI is InChI=1S/C11H15N5O2S/c12-15-11-13-9(8-1-4-19-10(8)14-11)16-2-3-18-7(5-16)6-17/h1,4,7,17H,2-3,5-6,12H2,(H,13,14,15). The van der Waals surface area contributed by atoms with Crippen molar-refractivity contribution in [2.75, 3.05) is 36.6 Å². The summed E-state index contributed by atoms with van der Waals surface area (Å²) in [6, 6.07) is 2.00. The van der Waals surface area contributed by atoms with E-state index in [1.54, 1.807) is 11.3 Å². The zero-order chi connectivity index (χ0) is 13.2. The minimum absolute atomic E-state index is 0.0103. The van der Waals surface area contributed by atoms with Crippen LogP contribution in [0.1, 0.15) is 0 Å². The first-order chi connectivity index (χ1) is 9.31. The number of hydrogen-bond donors (Lipinski definition) is 3. The Balaban J connectivity index is 2.00. The van der Waals surface area contributed by atoms with E-state index in [0.717, 1.165) is 22.6 Å². The van der Waals surface area contributed by atoms with Crippen molar-refractivity contribution in [1.29, 1.82) is 0 Å². The van der Waals surface area contributed by atoms with Gasteiger partial charge in [0.1, 0.15) is 10.6 Å². The zero-order valence-corrected chi connectivity index (χ0v) is 11.1. The number of aromatic nitrogens is 2. The molecule has 2 aromatic rings. The van der Waals surface area contributed by atoms with Crippen LogP contribution in [0, 0.1) is 0 Å². The summed E-state index contributed by atoms with van der Waals surface area (Å²) in [7, 11) is 0. The number of ether oxygens (including phenoxy) is 1. The van der Waals surface area contributed by atoms with E-state index >= 15 is 0 Å². The molecule has 2 aromatic heterocycles. The first kappa shape index (κ1) is 12.5. The van der Waals surface area contributed by atoms with E-state index in [-0.39, 0.29) is 12.7 Å². The summed E-state index contributed by atoms with van der Waals surface area (Å²) >= 11 is 1.55. The Kier molecular flexibility index (Phi) is 3.47. The Morgan fingerprint density at radius 3 is 3.26 bits per heavy atom. The number of aliphatic hydroxyl groups is 1. The average Bonchev–Trinajstić information content (AvgIpc) is 2.94. The van der Waals surface area contributed by atoms with Crippen LogP contribution in [0.15, 0.2) is 11.4 Å². The normalized spacial score (nSPS) is 19.9. The van der Waals surface area contributed by atoms with Crippen molar-refractivity contribution >= 4 is 33.3 Å². The van der Waals surface area contributed by atoms with Crippen LogP contribution in [0.5, 0.6) is 0 Å². The van der Waals surface area contributed by atoms with Gasteiger partial charge in [0, 0.05) is 13.1 Å². The molecule has 19 heavy (non-hydrogen) atoms. The molecule has 1 aliphatic heterocycles. The lowest BCUT2D eigenvalue weighted by Gasteiger charge is -2.33. The van der Waals surface area contributed by atoms with Gasteiger partial charge in [0.15, 0.2) is 0 Å². The molecule has 0 spiro atoms. The van der Waals surface area contributed by atoms with Gasteiger partial charge in [0.25, 0.3) is 0 Å². The molecule has 0 radical (unpaired) electrons. The van der Waals surface area contributed by atoms with E-state index in [9.17, 15) is 5.11 Å². The first-order valence-corrected chi connectivity index (χ1v) is 6.89. The minimum Gasteiger partial charge on any atom is -0.394 e. The molecule has 3 rings (SSSR count). The first-order valence-electron chi connectivity index (χ1n) is 6.01. The van der Waals surface area contributed by atoms with Crippen molar-refractivity contribution in [2.24, 2.45) is 5.84 Å². The molecule has 1 aliphatic rings. The second-order valence-electron chi connectivity index (χ2n) is 4.28. The Bertz CT molecular complexity index is 575. The lowest BCUT2D eigenvalue weighted by molar-refractivity contribution is 0.00344. The highest BCUT2D eigenvalue weighted by Crippen LogP contribution is 2.29. The highest BCUT2D eigenvalue weighted by Gasteiger charge is 2.23. The van der Waals surface area contributed by atoms with Crippen LogP contribution in [0.2, 0.25) is 0 Å². The van der Waals surface area contributed by atoms with Gasteiger partial charge in [-0.2, -0.15) is 4.98 Å².